The highest BCUT2D eigenvalue weighted by Crippen LogP contribution is 2.29. The van der Waals surface area contributed by atoms with Crippen molar-refractivity contribution >= 4 is 16.0 Å². The molecule has 0 saturated carbocycles. The van der Waals surface area contributed by atoms with E-state index in [0.29, 0.717) is 6.61 Å². The predicted molar refractivity (Wildman–Crippen MR) is 76.1 cm³/mol. The van der Waals surface area contributed by atoms with E-state index in [1.165, 1.54) is 18.2 Å². The zero-order valence-electron chi connectivity index (χ0n) is 12.7. The van der Waals surface area contributed by atoms with Gasteiger partial charge in [-0.1, -0.05) is 6.92 Å². The SMILES string of the molecule is CCOCCN(CC)S(=O)(=O)c1c(C)oc(C)c1C(=O)O. The summed E-state index contributed by atoms with van der Waals surface area (Å²) in [5, 5.41) is 9.22. The highest BCUT2D eigenvalue weighted by Gasteiger charge is 2.34. The minimum atomic E-state index is -3.94. The Morgan fingerprint density at radius 2 is 1.90 bits per heavy atom. The number of nitrogens with zero attached hydrogens (tertiary/aromatic N) is 1. The maximum Gasteiger partial charge on any atom is 0.340 e. The first kappa shape index (κ1) is 17.7. The molecule has 21 heavy (non-hydrogen) atoms. The molecule has 0 aliphatic carbocycles. The van der Waals surface area contributed by atoms with E-state index < -0.39 is 16.0 Å². The van der Waals surface area contributed by atoms with Crippen LogP contribution in [0.4, 0.5) is 0 Å². The van der Waals surface area contributed by atoms with Crippen molar-refractivity contribution in [2.24, 2.45) is 0 Å². The number of carboxylic acid groups (broad SMARTS) is 1. The third kappa shape index (κ3) is 3.63. The van der Waals surface area contributed by atoms with Crippen LogP contribution >= 0.6 is 0 Å². The lowest BCUT2D eigenvalue weighted by Gasteiger charge is -2.20. The van der Waals surface area contributed by atoms with Gasteiger partial charge in [0.1, 0.15) is 22.0 Å². The van der Waals surface area contributed by atoms with Gasteiger partial charge >= 0.3 is 5.97 Å². The van der Waals surface area contributed by atoms with Crippen molar-refractivity contribution in [3.8, 4) is 0 Å². The summed E-state index contributed by atoms with van der Waals surface area (Å²) in [5.74, 6) is -1.15. The van der Waals surface area contributed by atoms with E-state index in [0.717, 1.165) is 0 Å². The second kappa shape index (κ2) is 7.06. The van der Waals surface area contributed by atoms with E-state index >= 15 is 0 Å². The summed E-state index contributed by atoms with van der Waals surface area (Å²) in [6.45, 7) is 7.51. The molecule has 8 heteroatoms. The van der Waals surface area contributed by atoms with Crippen LogP contribution < -0.4 is 0 Å². The fourth-order valence-electron chi connectivity index (χ4n) is 2.11. The van der Waals surface area contributed by atoms with Gasteiger partial charge < -0.3 is 14.3 Å². The monoisotopic (exact) mass is 319 g/mol. The zero-order valence-corrected chi connectivity index (χ0v) is 13.5. The molecule has 120 valence electrons. The second-order valence-corrected chi connectivity index (χ2v) is 6.29. The Morgan fingerprint density at radius 1 is 1.29 bits per heavy atom. The Hall–Kier alpha value is -1.38. The van der Waals surface area contributed by atoms with Crippen LogP contribution in [-0.2, 0) is 14.8 Å². The molecule has 1 aromatic rings. The standard InChI is InChI=1S/C13H21NO6S/c1-5-14(7-8-19-6-2)21(17,18)12-10(4)20-9(3)11(12)13(15)16/h5-8H2,1-4H3,(H,15,16). The summed E-state index contributed by atoms with van der Waals surface area (Å²) in [6, 6.07) is 0. The lowest BCUT2D eigenvalue weighted by atomic mass is 10.2. The van der Waals surface area contributed by atoms with Gasteiger partial charge in [-0.2, -0.15) is 4.31 Å². The molecule has 0 aliphatic rings. The molecule has 1 aromatic heterocycles. The van der Waals surface area contributed by atoms with E-state index in [1.54, 1.807) is 6.92 Å². The van der Waals surface area contributed by atoms with Gasteiger partial charge in [0.15, 0.2) is 0 Å². The normalized spacial score (nSPS) is 12.0. The van der Waals surface area contributed by atoms with E-state index in [2.05, 4.69) is 0 Å². The first-order valence-electron chi connectivity index (χ1n) is 6.68. The fourth-order valence-corrected chi connectivity index (χ4v) is 3.92. The molecule has 0 radical (unpaired) electrons. The fraction of sp³-hybridized carbons (Fsp3) is 0.615. The van der Waals surface area contributed by atoms with Crippen molar-refractivity contribution in [3.63, 3.8) is 0 Å². The number of carboxylic acids is 1. The first-order valence-corrected chi connectivity index (χ1v) is 8.12. The van der Waals surface area contributed by atoms with Crippen molar-refractivity contribution in [3.05, 3.63) is 17.1 Å². The quantitative estimate of drug-likeness (QED) is 0.732. The van der Waals surface area contributed by atoms with Gasteiger partial charge in [-0.05, 0) is 20.8 Å². The van der Waals surface area contributed by atoms with Gasteiger partial charge in [-0.25, -0.2) is 13.2 Å². The van der Waals surface area contributed by atoms with Crippen molar-refractivity contribution in [2.75, 3.05) is 26.3 Å². The Balaban J connectivity index is 3.26. The van der Waals surface area contributed by atoms with Crippen molar-refractivity contribution in [2.45, 2.75) is 32.6 Å². The molecule has 0 bridgehead atoms. The number of aryl methyl sites for hydroxylation is 2. The molecular weight excluding hydrogens is 298 g/mol. The highest BCUT2D eigenvalue weighted by molar-refractivity contribution is 7.89. The summed E-state index contributed by atoms with van der Waals surface area (Å²) >= 11 is 0. The van der Waals surface area contributed by atoms with Crippen LogP contribution in [0.2, 0.25) is 0 Å². The lowest BCUT2D eigenvalue weighted by molar-refractivity contribution is 0.0691. The first-order chi connectivity index (χ1) is 9.77. The van der Waals surface area contributed by atoms with E-state index in [1.807, 2.05) is 6.92 Å². The average Bonchev–Trinajstić information content (AvgIpc) is 2.70. The number of ether oxygens (including phenoxy) is 1. The summed E-state index contributed by atoms with van der Waals surface area (Å²) in [6.07, 6.45) is 0. The van der Waals surface area contributed by atoms with Gasteiger partial charge in [-0.3, -0.25) is 0 Å². The van der Waals surface area contributed by atoms with Crippen molar-refractivity contribution in [1.29, 1.82) is 0 Å². The number of likely N-dealkylation sites (N-methyl/N-ethyl adjacent to an activating group) is 1. The van der Waals surface area contributed by atoms with E-state index in [9.17, 15) is 18.3 Å². The van der Waals surface area contributed by atoms with Crippen LogP contribution in [0.3, 0.4) is 0 Å². The molecule has 7 nitrogen and oxygen atoms in total. The van der Waals surface area contributed by atoms with Crippen LogP contribution in [0.5, 0.6) is 0 Å². The van der Waals surface area contributed by atoms with Crippen LogP contribution in [0.15, 0.2) is 9.31 Å². The minimum Gasteiger partial charge on any atom is -0.478 e. The summed E-state index contributed by atoms with van der Waals surface area (Å²) in [5.41, 5.74) is -0.303. The minimum absolute atomic E-state index is 0.0828. The Bertz CT molecular complexity index is 604. The summed E-state index contributed by atoms with van der Waals surface area (Å²) in [7, 11) is -3.94. The number of sulfonamides is 1. The molecule has 1 N–H and O–H groups in total. The molecule has 0 aliphatic heterocycles. The number of aromatic carboxylic acids is 1. The van der Waals surface area contributed by atoms with Crippen LogP contribution in [0.1, 0.15) is 35.7 Å². The van der Waals surface area contributed by atoms with E-state index in [-0.39, 0.29) is 41.7 Å². The molecule has 1 rings (SSSR count). The average molecular weight is 319 g/mol. The molecule has 1 heterocycles. The Labute approximate surface area is 124 Å². The molecule has 0 atom stereocenters. The van der Waals surface area contributed by atoms with Gasteiger partial charge in [-0.15, -0.1) is 0 Å². The lowest BCUT2D eigenvalue weighted by Crippen LogP contribution is -2.34. The molecule has 0 unspecified atom stereocenters. The number of hydrogen-bond acceptors (Lipinski definition) is 5. The molecule has 0 saturated heterocycles. The Morgan fingerprint density at radius 3 is 2.38 bits per heavy atom. The van der Waals surface area contributed by atoms with Gasteiger partial charge in [0.25, 0.3) is 0 Å². The summed E-state index contributed by atoms with van der Waals surface area (Å²) < 4.78 is 36.9. The third-order valence-electron chi connectivity index (χ3n) is 3.06. The number of furan rings is 1. The van der Waals surface area contributed by atoms with Crippen LogP contribution in [0, 0.1) is 13.8 Å². The topological polar surface area (TPSA) is 97.0 Å². The molecule has 0 fully saturated rings. The van der Waals surface area contributed by atoms with Gasteiger partial charge in [0.2, 0.25) is 10.0 Å². The highest BCUT2D eigenvalue weighted by atomic mass is 32.2. The van der Waals surface area contributed by atoms with Crippen LogP contribution in [-0.4, -0.2) is 50.1 Å². The zero-order chi connectivity index (χ0) is 16.2. The smallest absolute Gasteiger partial charge is 0.340 e. The van der Waals surface area contributed by atoms with Crippen LogP contribution in [0.25, 0.3) is 0 Å². The van der Waals surface area contributed by atoms with Crippen molar-refractivity contribution < 1.29 is 27.5 Å². The molecule has 0 amide bonds. The van der Waals surface area contributed by atoms with E-state index in [4.69, 9.17) is 9.15 Å². The number of rotatable bonds is 8. The number of carbonyl (C=O) groups is 1. The molecule has 0 aromatic carbocycles. The van der Waals surface area contributed by atoms with Crippen molar-refractivity contribution in [1.82, 2.24) is 4.31 Å². The Kier molecular flexibility index (Phi) is 5.94. The molecule has 0 spiro atoms. The summed E-state index contributed by atoms with van der Waals surface area (Å²) in [4.78, 5) is 11.0. The third-order valence-corrected chi connectivity index (χ3v) is 5.19. The van der Waals surface area contributed by atoms with Gasteiger partial charge in [0, 0.05) is 19.7 Å². The van der Waals surface area contributed by atoms with Gasteiger partial charge in [0.05, 0.1) is 6.61 Å². The largest absolute Gasteiger partial charge is 0.478 e. The maximum absolute atomic E-state index is 12.7. The number of hydrogen-bond donors (Lipinski definition) is 1. The molecular formula is C13H21NO6S. The second-order valence-electron chi connectivity index (χ2n) is 4.42. The predicted octanol–water partition coefficient (Wildman–Crippen LogP) is 1.64. The maximum atomic E-state index is 12.7.